The van der Waals surface area contributed by atoms with Gasteiger partial charge in [0.2, 0.25) is 0 Å². The molecule has 0 spiro atoms. The van der Waals surface area contributed by atoms with Crippen LogP contribution in [0.25, 0.3) is 0 Å². The van der Waals surface area contributed by atoms with Gasteiger partial charge in [-0.05, 0) is 18.9 Å². The van der Waals surface area contributed by atoms with Crippen LogP contribution < -0.4 is 5.32 Å². The number of hydrogen-bond donors (Lipinski definition) is 2. The predicted octanol–water partition coefficient (Wildman–Crippen LogP) is 2.06. The molecule has 0 bridgehead atoms. The minimum absolute atomic E-state index is 0.181. The van der Waals surface area contributed by atoms with Gasteiger partial charge in [-0.15, -0.1) is 0 Å². The fraction of sp³-hybridized carbons (Fsp3) is 0.667. The van der Waals surface area contributed by atoms with Gasteiger partial charge in [0, 0.05) is 18.2 Å². The third-order valence-electron chi connectivity index (χ3n) is 3.13. The van der Waals surface area contributed by atoms with Crippen LogP contribution in [-0.4, -0.2) is 17.3 Å². The van der Waals surface area contributed by atoms with Crippen molar-refractivity contribution in [3.05, 3.63) is 24.2 Å². The Morgan fingerprint density at radius 2 is 2.20 bits per heavy atom. The average Bonchev–Trinajstić information content (AvgIpc) is 2.67. The van der Waals surface area contributed by atoms with Gasteiger partial charge in [0.25, 0.3) is 0 Å². The molecule has 0 saturated heterocycles. The third kappa shape index (κ3) is 3.08. The largest absolute Gasteiger partial charge is 0.472 e. The van der Waals surface area contributed by atoms with E-state index in [4.69, 9.17) is 4.42 Å². The summed E-state index contributed by atoms with van der Waals surface area (Å²) in [5.74, 6) is 0. The summed E-state index contributed by atoms with van der Waals surface area (Å²) in [6, 6.07) is 2.21. The van der Waals surface area contributed by atoms with Crippen molar-refractivity contribution in [1.82, 2.24) is 5.32 Å². The first kappa shape index (κ1) is 10.7. The molecule has 1 fully saturated rings. The molecule has 1 heterocycles. The molecular weight excluding hydrogens is 190 g/mol. The molecule has 3 heteroatoms. The quantitative estimate of drug-likeness (QED) is 0.749. The number of aliphatic hydroxyl groups excluding tert-OH is 1. The molecule has 2 atom stereocenters. The second kappa shape index (κ2) is 5.33. The van der Waals surface area contributed by atoms with E-state index in [-0.39, 0.29) is 12.1 Å². The Morgan fingerprint density at radius 1 is 1.33 bits per heavy atom. The SMILES string of the molecule is OC1CCCCCC1NCc1ccoc1. The maximum absolute atomic E-state index is 9.89. The van der Waals surface area contributed by atoms with Crippen molar-refractivity contribution in [3.63, 3.8) is 0 Å². The smallest absolute Gasteiger partial charge is 0.0947 e. The molecule has 2 rings (SSSR count). The monoisotopic (exact) mass is 209 g/mol. The first-order valence-electron chi connectivity index (χ1n) is 5.79. The molecule has 84 valence electrons. The Hall–Kier alpha value is -0.800. The molecule has 1 aliphatic rings. The fourth-order valence-corrected chi connectivity index (χ4v) is 2.17. The van der Waals surface area contributed by atoms with Crippen LogP contribution in [0.15, 0.2) is 23.0 Å². The van der Waals surface area contributed by atoms with Gasteiger partial charge in [-0.1, -0.05) is 19.3 Å². The second-order valence-electron chi connectivity index (χ2n) is 4.32. The van der Waals surface area contributed by atoms with Crippen molar-refractivity contribution >= 4 is 0 Å². The maximum atomic E-state index is 9.89. The van der Waals surface area contributed by atoms with Crippen LogP contribution in [-0.2, 0) is 6.54 Å². The summed E-state index contributed by atoms with van der Waals surface area (Å²) in [6.45, 7) is 0.790. The summed E-state index contributed by atoms with van der Waals surface area (Å²) in [4.78, 5) is 0. The van der Waals surface area contributed by atoms with Gasteiger partial charge in [0.1, 0.15) is 0 Å². The summed E-state index contributed by atoms with van der Waals surface area (Å²) in [6.07, 6.45) is 8.89. The zero-order valence-electron chi connectivity index (χ0n) is 8.98. The summed E-state index contributed by atoms with van der Waals surface area (Å²) in [7, 11) is 0. The van der Waals surface area contributed by atoms with E-state index in [2.05, 4.69) is 5.32 Å². The second-order valence-corrected chi connectivity index (χ2v) is 4.32. The Kier molecular flexibility index (Phi) is 3.80. The molecule has 0 aliphatic heterocycles. The van der Waals surface area contributed by atoms with Crippen LogP contribution >= 0.6 is 0 Å². The lowest BCUT2D eigenvalue weighted by Crippen LogP contribution is -2.38. The number of hydrogen-bond acceptors (Lipinski definition) is 3. The molecule has 2 N–H and O–H groups in total. The average molecular weight is 209 g/mol. The number of furan rings is 1. The van der Waals surface area contributed by atoms with E-state index < -0.39 is 0 Å². The maximum Gasteiger partial charge on any atom is 0.0947 e. The molecular formula is C12H19NO2. The van der Waals surface area contributed by atoms with Crippen molar-refractivity contribution in [1.29, 1.82) is 0 Å². The van der Waals surface area contributed by atoms with Crippen molar-refractivity contribution < 1.29 is 9.52 Å². The highest BCUT2D eigenvalue weighted by molar-refractivity contribution is 5.05. The van der Waals surface area contributed by atoms with Crippen LogP contribution in [0.3, 0.4) is 0 Å². The molecule has 2 unspecified atom stereocenters. The van der Waals surface area contributed by atoms with E-state index in [1.165, 1.54) is 12.8 Å². The molecule has 0 radical (unpaired) electrons. The highest BCUT2D eigenvalue weighted by atomic mass is 16.3. The van der Waals surface area contributed by atoms with Gasteiger partial charge in [0.05, 0.1) is 18.6 Å². The van der Waals surface area contributed by atoms with Crippen LogP contribution in [0.4, 0.5) is 0 Å². The van der Waals surface area contributed by atoms with E-state index in [9.17, 15) is 5.11 Å². The Morgan fingerprint density at radius 3 is 3.00 bits per heavy atom. The predicted molar refractivity (Wildman–Crippen MR) is 58.4 cm³/mol. The normalized spacial score (nSPS) is 27.5. The molecule has 0 amide bonds. The van der Waals surface area contributed by atoms with Gasteiger partial charge < -0.3 is 14.8 Å². The minimum Gasteiger partial charge on any atom is -0.472 e. The van der Waals surface area contributed by atoms with Gasteiger partial charge in [-0.25, -0.2) is 0 Å². The zero-order chi connectivity index (χ0) is 10.5. The number of aliphatic hydroxyl groups is 1. The van der Waals surface area contributed by atoms with Crippen LogP contribution in [0.2, 0.25) is 0 Å². The van der Waals surface area contributed by atoms with Crippen molar-refractivity contribution in [2.24, 2.45) is 0 Å². The van der Waals surface area contributed by atoms with Crippen molar-refractivity contribution in [2.45, 2.75) is 50.8 Å². The summed E-state index contributed by atoms with van der Waals surface area (Å²) >= 11 is 0. The van der Waals surface area contributed by atoms with E-state index in [0.29, 0.717) is 0 Å². The Bertz CT molecular complexity index is 271. The van der Waals surface area contributed by atoms with Crippen LogP contribution in [0.1, 0.15) is 37.7 Å². The van der Waals surface area contributed by atoms with Crippen molar-refractivity contribution in [2.75, 3.05) is 0 Å². The standard InChI is InChI=1S/C12H19NO2/c14-12-5-3-1-2-4-11(12)13-8-10-6-7-15-9-10/h6-7,9,11-14H,1-5,8H2. The molecule has 0 aromatic carbocycles. The van der Waals surface area contributed by atoms with E-state index in [1.54, 1.807) is 12.5 Å². The molecule has 1 saturated carbocycles. The minimum atomic E-state index is -0.181. The molecule has 15 heavy (non-hydrogen) atoms. The van der Waals surface area contributed by atoms with E-state index in [0.717, 1.165) is 31.4 Å². The summed E-state index contributed by atoms with van der Waals surface area (Å²) in [5, 5.41) is 13.3. The summed E-state index contributed by atoms with van der Waals surface area (Å²) in [5.41, 5.74) is 1.14. The molecule has 1 aliphatic carbocycles. The Labute approximate surface area is 90.5 Å². The first-order valence-corrected chi connectivity index (χ1v) is 5.79. The zero-order valence-corrected chi connectivity index (χ0v) is 8.98. The lowest BCUT2D eigenvalue weighted by molar-refractivity contribution is 0.119. The number of rotatable bonds is 3. The third-order valence-corrected chi connectivity index (χ3v) is 3.13. The highest BCUT2D eigenvalue weighted by Gasteiger charge is 2.20. The van der Waals surface area contributed by atoms with E-state index >= 15 is 0 Å². The topological polar surface area (TPSA) is 45.4 Å². The number of nitrogens with one attached hydrogen (secondary N) is 1. The van der Waals surface area contributed by atoms with Crippen LogP contribution in [0.5, 0.6) is 0 Å². The highest BCUT2D eigenvalue weighted by Crippen LogP contribution is 2.18. The first-order chi connectivity index (χ1) is 7.36. The van der Waals surface area contributed by atoms with Crippen molar-refractivity contribution in [3.8, 4) is 0 Å². The van der Waals surface area contributed by atoms with Gasteiger partial charge in [-0.3, -0.25) is 0 Å². The lowest BCUT2D eigenvalue weighted by atomic mass is 10.1. The van der Waals surface area contributed by atoms with Gasteiger partial charge in [0.15, 0.2) is 0 Å². The van der Waals surface area contributed by atoms with Gasteiger partial charge >= 0.3 is 0 Å². The van der Waals surface area contributed by atoms with E-state index in [1.807, 2.05) is 6.07 Å². The van der Waals surface area contributed by atoms with Crippen LogP contribution in [0, 0.1) is 0 Å². The molecule has 1 aromatic heterocycles. The Balaban J connectivity index is 1.81. The summed E-state index contributed by atoms with van der Waals surface area (Å²) < 4.78 is 5.00. The lowest BCUT2D eigenvalue weighted by Gasteiger charge is -2.21. The fourth-order valence-electron chi connectivity index (χ4n) is 2.17. The molecule has 1 aromatic rings. The molecule has 3 nitrogen and oxygen atoms in total. The van der Waals surface area contributed by atoms with Gasteiger partial charge in [-0.2, -0.15) is 0 Å².